The Morgan fingerprint density at radius 2 is 2.06 bits per heavy atom. The largest absolute Gasteiger partial charge is 0.431 e. The molecule has 0 fully saturated rings. The molecule has 18 heavy (non-hydrogen) atoms. The molecule has 0 radical (unpaired) electrons. The van der Waals surface area contributed by atoms with Crippen LogP contribution in [0.2, 0.25) is 0 Å². The SMILES string of the molecule is Cc1cc(Br)ccc1N1N=C(C(F)(F)F)CC1=O. The van der Waals surface area contributed by atoms with Crippen molar-refractivity contribution in [2.45, 2.75) is 19.5 Å². The van der Waals surface area contributed by atoms with Crippen molar-refractivity contribution in [3.05, 3.63) is 28.2 Å². The third-order valence-corrected chi connectivity index (χ3v) is 2.98. The number of rotatable bonds is 1. The van der Waals surface area contributed by atoms with Gasteiger partial charge in [0.05, 0.1) is 12.1 Å². The Bertz CT molecular complexity index is 540. The lowest BCUT2D eigenvalue weighted by atomic mass is 10.2. The van der Waals surface area contributed by atoms with Crippen LogP contribution in [0.15, 0.2) is 27.8 Å². The number of hydrogen-bond donors (Lipinski definition) is 0. The fourth-order valence-electron chi connectivity index (χ4n) is 1.63. The molecule has 0 bridgehead atoms. The first-order valence-electron chi connectivity index (χ1n) is 5.03. The van der Waals surface area contributed by atoms with E-state index in [9.17, 15) is 18.0 Å². The van der Waals surface area contributed by atoms with E-state index in [-0.39, 0.29) is 0 Å². The van der Waals surface area contributed by atoms with E-state index in [2.05, 4.69) is 21.0 Å². The predicted molar refractivity (Wildman–Crippen MR) is 64.5 cm³/mol. The summed E-state index contributed by atoms with van der Waals surface area (Å²) in [4.78, 5) is 11.6. The second-order valence-electron chi connectivity index (χ2n) is 3.86. The summed E-state index contributed by atoms with van der Waals surface area (Å²) in [6.45, 7) is 1.70. The number of hydrogen-bond acceptors (Lipinski definition) is 2. The molecular formula is C11H8BrF3N2O. The molecule has 0 unspecified atom stereocenters. The predicted octanol–water partition coefficient (Wildman–Crippen LogP) is 3.41. The summed E-state index contributed by atoms with van der Waals surface area (Å²) in [5.74, 6) is -0.673. The Hall–Kier alpha value is -1.37. The van der Waals surface area contributed by atoms with Gasteiger partial charge in [-0.2, -0.15) is 23.3 Å². The number of aryl methyl sites for hydroxylation is 1. The average Bonchev–Trinajstić information content (AvgIpc) is 2.60. The normalized spacial score (nSPS) is 16.2. The van der Waals surface area contributed by atoms with Gasteiger partial charge in [-0.1, -0.05) is 15.9 Å². The summed E-state index contributed by atoms with van der Waals surface area (Å²) in [6.07, 6.45) is -5.27. The molecule has 3 nitrogen and oxygen atoms in total. The first-order chi connectivity index (χ1) is 8.29. The van der Waals surface area contributed by atoms with Crippen LogP contribution < -0.4 is 5.01 Å². The van der Waals surface area contributed by atoms with Crippen molar-refractivity contribution < 1.29 is 18.0 Å². The Morgan fingerprint density at radius 1 is 1.39 bits per heavy atom. The van der Waals surface area contributed by atoms with Crippen molar-refractivity contribution in [3.8, 4) is 0 Å². The minimum Gasteiger partial charge on any atom is -0.272 e. The quantitative estimate of drug-likeness (QED) is 0.780. The lowest BCUT2D eigenvalue weighted by Crippen LogP contribution is -2.22. The Balaban J connectivity index is 2.40. The van der Waals surface area contributed by atoms with Gasteiger partial charge in [0.15, 0.2) is 5.71 Å². The van der Waals surface area contributed by atoms with Gasteiger partial charge < -0.3 is 0 Å². The molecule has 7 heteroatoms. The lowest BCUT2D eigenvalue weighted by molar-refractivity contribution is -0.117. The molecule has 1 aromatic rings. The number of halogens is 4. The lowest BCUT2D eigenvalue weighted by Gasteiger charge is -2.14. The molecule has 1 aliphatic rings. The minimum absolute atomic E-state index is 0.363. The molecule has 0 N–H and O–H groups in total. The summed E-state index contributed by atoms with van der Waals surface area (Å²) in [7, 11) is 0. The third kappa shape index (κ3) is 2.40. The van der Waals surface area contributed by atoms with Crippen molar-refractivity contribution >= 4 is 33.2 Å². The van der Waals surface area contributed by atoms with Crippen molar-refractivity contribution in [3.63, 3.8) is 0 Å². The van der Waals surface area contributed by atoms with E-state index in [0.29, 0.717) is 11.3 Å². The first kappa shape index (κ1) is 13.1. The fourth-order valence-corrected chi connectivity index (χ4v) is 2.11. The van der Waals surface area contributed by atoms with Gasteiger partial charge in [0.25, 0.3) is 5.91 Å². The second kappa shape index (κ2) is 4.38. The number of hydrazone groups is 1. The highest BCUT2D eigenvalue weighted by atomic mass is 79.9. The van der Waals surface area contributed by atoms with Crippen LogP contribution in [-0.2, 0) is 4.79 Å². The molecular weight excluding hydrogens is 313 g/mol. The third-order valence-electron chi connectivity index (χ3n) is 2.49. The summed E-state index contributed by atoms with van der Waals surface area (Å²) in [6, 6.07) is 4.92. The monoisotopic (exact) mass is 320 g/mol. The van der Waals surface area contributed by atoms with Crippen molar-refractivity contribution in [1.29, 1.82) is 0 Å². The summed E-state index contributed by atoms with van der Waals surface area (Å²) in [5.41, 5.74) is -0.0258. The van der Waals surface area contributed by atoms with Crippen LogP contribution in [-0.4, -0.2) is 17.8 Å². The van der Waals surface area contributed by atoms with Crippen LogP contribution in [0.3, 0.4) is 0 Å². The fraction of sp³-hybridized carbons (Fsp3) is 0.273. The average molecular weight is 321 g/mol. The molecule has 1 aromatic carbocycles. The molecule has 0 saturated heterocycles. The van der Waals surface area contributed by atoms with Crippen LogP contribution >= 0.6 is 15.9 Å². The molecule has 0 aromatic heterocycles. The van der Waals surface area contributed by atoms with Gasteiger partial charge in [-0.25, -0.2) is 0 Å². The highest BCUT2D eigenvalue weighted by Crippen LogP contribution is 2.31. The maximum atomic E-state index is 12.5. The molecule has 0 spiro atoms. The zero-order valence-corrected chi connectivity index (χ0v) is 10.8. The molecule has 1 amide bonds. The molecule has 2 rings (SSSR count). The van der Waals surface area contributed by atoms with Gasteiger partial charge in [0.1, 0.15) is 0 Å². The number of amides is 1. The van der Waals surface area contributed by atoms with Crippen molar-refractivity contribution in [1.82, 2.24) is 0 Å². The minimum atomic E-state index is -4.56. The van der Waals surface area contributed by atoms with Crippen molar-refractivity contribution in [2.75, 3.05) is 5.01 Å². The number of nitrogens with zero attached hydrogens (tertiary/aromatic N) is 2. The van der Waals surface area contributed by atoms with Crippen LogP contribution in [0.5, 0.6) is 0 Å². The van der Waals surface area contributed by atoms with Crippen molar-refractivity contribution in [2.24, 2.45) is 5.10 Å². The number of anilines is 1. The molecule has 1 heterocycles. The van der Waals surface area contributed by atoms with Gasteiger partial charge in [-0.15, -0.1) is 0 Å². The highest BCUT2D eigenvalue weighted by molar-refractivity contribution is 9.10. The number of carbonyl (C=O) groups excluding carboxylic acids is 1. The zero-order valence-electron chi connectivity index (χ0n) is 9.25. The summed E-state index contributed by atoms with van der Waals surface area (Å²) >= 11 is 3.24. The summed E-state index contributed by atoms with van der Waals surface area (Å²) in [5, 5.41) is 4.17. The van der Waals surface area contributed by atoms with Crippen LogP contribution in [0.25, 0.3) is 0 Å². The standard InChI is InChI=1S/C11H8BrF3N2O/c1-6-4-7(12)2-3-8(6)17-10(18)5-9(16-17)11(13,14)15/h2-4H,5H2,1H3. The molecule has 96 valence electrons. The number of alkyl halides is 3. The molecule has 0 aliphatic carbocycles. The zero-order chi connectivity index (χ0) is 13.5. The number of carbonyl (C=O) groups is 1. The van der Waals surface area contributed by atoms with Gasteiger partial charge in [-0.05, 0) is 30.7 Å². The van der Waals surface area contributed by atoms with E-state index in [4.69, 9.17) is 0 Å². The van der Waals surface area contributed by atoms with E-state index in [1.165, 1.54) is 0 Å². The second-order valence-corrected chi connectivity index (χ2v) is 4.77. The Morgan fingerprint density at radius 3 is 2.56 bits per heavy atom. The van der Waals surface area contributed by atoms with E-state index >= 15 is 0 Å². The van der Waals surface area contributed by atoms with E-state index in [0.717, 1.165) is 9.48 Å². The highest BCUT2D eigenvalue weighted by Gasteiger charge is 2.42. The van der Waals surface area contributed by atoms with E-state index in [1.54, 1.807) is 25.1 Å². The topological polar surface area (TPSA) is 32.7 Å². The molecule has 0 saturated carbocycles. The maximum absolute atomic E-state index is 12.5. The maximum Gasteiger partial charge on any atom is 0.431 e. The summed E-state index contributed by atoms with van der Waals surface area (Å²) < 4.78 is 38.2. The number of benzene rings is 1. The Labute approximate surface area is 109 Å². The van der Waals surface area contributed by atoms with Gasteiger partial charge in [0.2, 0.25) is 0 Å². The molecule has 1 aliphatic heterocycles. The van der Waals surface area contributed by atoms with Gasteiger partial charge in [-0.3, -0.25) is 4.79 Å². The van der Waals surface area contributed by atoms with Crippen LogP contribution in [0.4, 0.5) is 18.9 Å². The smallest absolute Gasteiger partial charge is 0.272 e. The molecule has 0 atom stereocenters. The van der Waals surface area contributed by atoms with Crippen LogP contribution in [0, 0.1) is 6.92 Å². The van der Waals surface area contributed by atoms with Gasteiger partial charge >= 0.3 is 6.18 Å². The van der Waals surface area contributed by atoms with Crippen LogP contribution in [0.1, 0.15) is 12.0 Å². The van der Waals surface area contributed by atoms with Gasteiger partial charge in [0, 0.05) is 4.47 Å². The Kier molecular flexibility index (Phi) is 3.18. The first-order valence-corrected chi connectivity index (χ1v) is 5.82. The van der Waals surface area contributed by atoms with E-state index in [1.807, 2.05) is 0 Å². The van der Waals surface area contributed by atoms with E-state index < -0.39 is 24.2 Å².